The second kappa shape index (κ2) is 13.0. The molecule has 0 amide bonds. The van der Waals surface area contributed by atoms with Gasteiger partial charge in [-0.15, -0.1) is 11.3 Å². The first-order chi connectivity index (χ1) is 29.8. The molecule has 0 bridgehead atoms. The fourth-order valence-corrected chi connectivity index (χ4v) is 11.3. The van der Waals surface area contributed by atoms with Gasteiger partial charge in [0.15, 0.2) is 0 Å². The summed E-state index contributed by atoms with van der Waals surface area (Å²) in [5, 5.41) is 14.9. The Morgan fingerprint density at radius 1 is 0.267 bits per heavy atom. The number of hydrogen-bond acceptors (Lipinski definition) is 2. The van der Waals surface area contributed by atoms with Gasteiger partial charge in [-0.2, -0.15) is 0 Å². The first kappa shape index (κ1) is 33.5. The summed E-state index contributed by atoms with van der Waals surface area (Å²) in [7, 11) is 0. The first-order valence-corrected chi connectivity index (χ1v) is 21.4. The van der Waals surface area contributed by atoms with Gasteiger partial charge in [0, 0.05) is 36.5 Å². The molecule has 2 aromatic heterocycles. The monoisotopic (exact) mass is 778 g/mol. The molecule has 60 heavy (non-hydrogen) atoms. The number of benzene rings is 11. The van der Waals surface area contributed by atoms with E-state index < -0.39 is 0 Å². The molecule has 1 nitrogen and oxygen atoms in total. The van der Waals surface area contributed by atoms with Gasteiger partial charge in [-0.1, -0.05) is 176 Å². The average Bonchev–Trinajstić information content (AvgIpc) is 3.88. The Morgan fingerprint density at radius 2 is 0.717 bits per heavy atom. The lowest BCUT2D eigenvalue weighted by Gasteiger charge is -2.18. The lowest BCUT2D eigenvalue weighted by atomic mass is 9.85. The highest BCUT2D eigenvalue weighted by atomic mass is 32.1. The lowest BCUT2D eigenvalue weighted by molar-refractivity contribution is 0.669. The molecule has 11 aromatic carbocycles. The van der Waals surface area contributed by atoms with E-state index >= 15 is 0 Å². The lowest BCUT2D eigenvalue weighted by Crippen LogP contribution is -1.91. The zero-order valence-electron chi connectivity index (χ0n) is 32.4. The van der Waals surface area contributed by atoms with E-state index in [9.17, 15) is 0 Å². The van der Waals surface area contributed by atoms with Crippen molar-refractivity contribution in [2.75, 3.05) is 0 Å². The summed E-state index contributed by atoms with van der Waals surface area (Å²) in [6.45, 7) is 0. The largest absolute Gasteiger partial charge is 0.456 e. The third-order valence-electron chi connectivity index (χ3n) is 12.6. The normalized spacial score (nSPS) is 12.0. The second-order valence-corrected chi connectivity index (χ2v) is 16.9. The summed E-state index contributed by atoms with van der Waals surface area (Å²) in [4.78, 5) is 0. The molecule has 13 rings (SSSR count). The Kier molecular flexibility index (Phi) is 7.24. The standard InChI is InChI=1S/C58H34OS/c1-2-15-35(16-3-1)54-40-18-4-6-20-42(40)55(43-21-7-5-19-41(43)54)36-30-32-53-50(33-36)48-26-14-27-49(58(48)60-53)57-46-24-10-8-22-44(46)56(45-23-9-11-25-47(45)57)37-29-31-39-38-17-12-13-28-51(38)59-52(39)34-37/h1-34H. The van der Waals surface area contributed by atoms with Gasteiger partial charge >= 0.3 is 0 Å². The van der Waals surface area contributed by atoms with E-state index in [1.807, 2.05) is 17.4 Å². The Morgan fingerprint density at radius 3 is 1.32 bits per heavy atom. The zero-order chi connectivity index (χ0) is 39.3. The fraction of sp³-hybridized carbons (Fsp3) is 0. The summed E-state index contributed by atoms with van der Waals surface area (Å²) < 4.78 is 9.01. The third-order valence-corrected chi connectivity index (χ3v) is 13.9. The van der Waals surface area contributed by atoms with Crippen molar-refractivity contribution in [2.45, 2.75) is 0 Å². The SMILES string of the molecule is c1ccc(-c2c3ccccc3c(-c3ccc4sc5c(-c6c7ccccc7c(-c7ccc8c(c7)oc7ccccc78)c7ccccc67)cccc5c4c3)c3ccccc23)cc1. The van der Waals surface area contributed by atoms with Crippen LogP contribution in [0.4, 0.5) is 0 Å². The van der Waals surface area contributed by atoms with Gasteiger partial charge in [0.2, 0.25) is 0 Å². The molecular weight excluding hydrogens is 745 g/mol. The number of para-hydroxylation sites is 1. The molecule has 0 fully saturated rings. The highest BCUT2D eigenvalue weighted by Crippen LogP contribution is 2.50. The van der Waals surface area contributed by atoms with Crippen molar-refractivity contribution in [2.24, 2.45) is 0 Å². The van der Waals surface area contributed by atoms with Crippen molar-refractivity contribution in [3.05, 3.63) is 206 Å². The van der Waals surface area contributed by atoms with Crippen LogP contribution in [0, 0.1) is 0 Å². The van der Waals surface area contributed by atoms with Crippen molar-refractivity contribution in [1.29, 1.82) is 0 Å². The van der Waals surface area contributed by atoms with Crippen LogP contribution < -0.4 is 0 Å². The molecule has 0 spiro atoms. The van der Waals surface area contributed by atoms with Gasteiger partial charge in [-0.3, -0.25) is 0 Å². The van der Waals surface area contributed by atoms with E-state index in [2.05, 4.69) is 200 Å². The maximum absolute atomic E-state index is 6.41. The molecule has 13 aromatic rings. The number of rotatable bonds is 4. The molecule has 278 valence electrons. The summed E-state index contributed by atoms with van der Waals surface area (Å²) in [5.74, 6) is 0. The van der Waals surface area contributed by atoms with Gasteiger partial charge in [0.05, 0.1) is 0 Å². The Balaban J connectivity index is 1.04. The van der Waals surface area contributed by atoms with Crippen molar-refractivity contribution in [3.8, 4) is 44.5 Å². The van der Waals surface area contributed by atoms with Crippen LogP contribution in [0.3, 0.4) is 0 Å². The van der Waals surface area contributed by atoms with Gasteiger partial charge in [-0.05, 0) is 112 Å². The maximum Gasteiger partial charge on any atom is 0.136 e. The van der Waals surface area contributed by atoms with E-state index in [0.29, 0.717) is 0 Å². The van der Waals surface area contributed by atoms with E-state index in [1.54, 1.807) is 0 Å². The van der Waals surface area contributed by atoms with E-state index in [0.717, 1.165) is 27.5 Å². The molecule has 0 saturated carbocycles. The molecule has 0 N–H and O–H groups in total. The van der Waals surface area contributed by atoms with Crippen LogP contribution in [0.1, 0.15) is 0 Å². The average molecular weight is 779 g/mol. The molecule has 0 unspecified atom stereocenters. The zero-order valence-corrected chi connectivity index (χ0v) is 33.3. The van der Waals surface area contributed by atoms with Crippen LogP contribution in [0.2, 0.25) is 0 Å². The quantitative estimate of drug-likeness (QED) is 0.162. The van der Waals surface area contributed by atoms with Crippen molar-refractivity contribution in [1.82, 2.24) is 0 Å². The van der Waals surface area contributed by atoms with Crippen LogP contribution in [0.15, 0.2) is 211 Å². The molecule has 0 aliphatic carbocycles. The summed E-state index contributed by atoms with van der Waals surface area (Å²) in [6.07, 6.45) is 0. The van der Waals surface area contributed by atoms with Crippen molar-refractivity contribution < 1.29 is 4.42 Å². The number of fused-ring (bicyclic) bond motifs is 10. The van der Waals surface area contributed by atoms with E-state index in [4.69, 9.17) is 4.42 Å². The summed E-state index contributed by atoms with van der Waals surface area (Å²) in [6, 6.07) is 75.7. The van der Waals surface area contributed by atoms with Crippen LogP contribution in [-0.4, -0.2) is 0 Å². The highest BCUT2D eigenvalue weighted by Gasteiger charge is 2.22. The summed E-state index contributed by atoms with van der Waals surface area (Å²) >= 11 is 1.90. The number of hydrogen-bond donors (Lipinski definition) is 0. The molecular formula is C58H34OS. The van der Waals surface area contributed by atoms with Crippen molar-refractivity contribution in [3.63, 3.8) is 0 Å². The Hall–Kier alpha value is -7.52. The van der Waals surface area contributed by atoms with Gasteiger partial charge in [-0.25, -0.2) is 0 Å². The molecule has 2 heterocycles. The molecule has 0 atom stereocenters. The molecule has 0 saturated heterocycles. The Labute approximate surface area is 350 Å². The predicted molar refractivity (Wildman–Crippen MR) is 258 cm³/mol. The number of furan rings is 1. The minimum Gasteiger partial charge on any atom is -0.456 e. The fourth-order valence-electron chi connectivity index (χ4n) is 10.1. The third kappa shape index (κ3) is 4.86. The highest BCUT2D eigenvalue weighted by molar-refractivity contribution is 7.26. The number of thiophene rings is 1. The smallest absolute Gasteiger partial charge is 0.136 e. The maximum atomic E-state index is 6.41. The molecule has 0 aliphatic heterocycles. The predicted octanol–water partition coefficient (Wildman–Crippen LogP) is 17.2. The van der Waals surface area contributed by atoms with Crippen LogP contribution in [0.5, 0.6) is 0 Å². The van der Waals surface area contributed by atoms with Gasteiger partial charge in [0.1, 0.15) is 11.2 Å². The van der Waals surface area contributed by atoms with Gasteiger partial charge < -0.3 is 4.42 Å². The molecule has 0 aliphatic rings. The first-order valence-electron chi connectivity index (χ1n) is 20.6. The van der Waals surface area contributed by atoms with E-state index in [-0.39, 0.29) is 0 Å². The topological polar surface area (TPSA) is 13.1 Å². The molecule has 0 radical (unpaired) electrons. The Bertz CT molecular complexity index is 3770. The second-order valence-electron chi connectivity index (χ2n) is 15.9. The summed E-state index contributed by atoms with van der Waals surface area (Å²) in [5.41, 5.74) is 11.8. The van der Waals surface area contributed by atoms with Crippen LogP contribution in [-0.2, 0) is 0 Å². The van der Waals surface area contributed by atoms with Crippen LogP contribution in [0.25, 0.3) is 130 Å². The van der Waals surface area contributed by atoms with Gasteiger partial charge in [0.25, 0.3) is 0 Å². The molecule has 2 heteroatoms. The minimum atomic E-state index is 0.911. The minimum absolute atomic E-state index is 0.911. The van der Waals surface area contributed by atoms with E-state index in [1.165, 1.54) is 102 Å². The van der Waals surface area contributed by atoms with Crippen molar-refractivity contribution >= 4 is 96.5 Å². The van der Waals surface area contributed by atoms with Crippen LogP contribution >= 0.6 is 11.3 Å².